The van der Waals surface area contributed by atoms with Crippen molar-refractivity contribution in [2.75, 3.05) is 13.3 Å². The first-order valence-corrected chi connectivity index (χ1v) is 10.4. The van der Waals surface area contributed by atoms with E-state index in [0.717, 1.165) is 0 Å². The molecule has 1 saturated heterocycles. The molecule has 0 N–H and O–H groups in total. The van der Waals surface area contributed by atoms with Crippen LogP contribution in [0.3, 0.4) is 0 Å². The molecule has 16 heavy (non-hydrogen) atoms. The molecule has 1 atom stereocenters. The Morgan fingerprint density at radius 2 is 1.88 bits per heavy atom. The fourth-order valence-electron chi connectivity index (χ4n) is 2.17. The first-order valence-electron chi connectivity index (χ1n) is 5.86. The second-order valence-corrected chi connectivity index (χ2v) is 10.7. The van der Waals surface area contributed by atoms with Crippen LogP contribution >= 0.6 is 19.8 Å². The van der Waals surface area contributed by atoms with Crippen LogP contribution in [0.1, 0.15) is 25.3 Å². The van der Waals surface area contributed by atoms with Gasteiger partial charge in [-0.2, -0.15) is 0 Å². The van der Waals surface area contributed by atoms with Gasteiger partial charge in [0, 0.05) is 0 Å². The molecule has 1 aromatic rings. The third-order valence-corrected chi connectivity index (χ3v) is 10.4. The molecular weight excluding hydrogens is 309 g/mol. The number of hydrogen-bond acceptors (Lipinski definition) is 1. The van der Waals surface area contributed by atoms with Crippen LogP contribution < -0.4 is 0 Å². The zero-order valence-electron chi connectivity index (χ0n) is 9.95. The third-order valence-electron chi connectivity index (χ3n) is 3.25. The predicted octanol–water partition coefficient (Wildman–Crippen LogP) is 3.90. The molecule has 0 unspecified atom stereocenters. The Balaban J connectivity index is 2.15. The summed E-state index contributed by atoms with van der Waals surface area (Å²) in [6.45, 7) is 6.08. The Kier molecular flexibility index (Phi) is 4.00. The van der Waals surface area contributed by atoms with Crippen LogP contribution in [0, 0.1) is 0 Å². The second kappa shape index (κ2) is 5.30. The number of nitrogens with zero attached hydrogens (tertiary/aromatic N) is 1. The number of aliphatic imine (C=N–C) groups is 1. The zero-order chi connectivity index (χ0) is 11.4. The van der Waals surface area contributed by atoms with Gasteiger partial charge in [0.1, 0.15) is 0 Å². The van der Waals surface area contributed by atoms with Crippen molar-refractivity contribution < 1.29 is 0 Å². The maximum atomic E-state index is 4.44. The van der Waals surface area contributed by atoms with E-state index in [-0.39, 0.29) is 5.54 Å². The van der Waals surface area contributed by atoms with Crippen molar-refractivity contribution in [2.45, 2.75) is 25.3 Å². The number of hydrogen-bond donors (Lipinski definition) is 0. The predicted molar refractivity (Wildman–Crippen MR) is 81.2 cm³/mol. The van der Waals surface area contributed by atoms with E-state index < -0.39 is 19.8 Å². The van der Waals surface area contributed by atoms with Crippen LogP contribution in [0.2, 0.25) is 0 Å². The Bertz CT molecular complexity index is 343. The van der Waals surface area contributed by atoms with E-state index in [4.69, 9.17) is 0 Å². The van der Waals surface area contributed by atoms with Gasteiger partial charge in [-0.15, -0.1) is 0 Å². The topological polar surface area (TPSA) is 12.4 Å². The van der Waals surface area contributed by atoms with Gasteiger partial charge in [-0.3, -0.25) is 0 Å². The van der Waals surface area contributed by atoms with Crippen LogP contribution in [-0.4, -0.2) is 20.0 Å². The van der Waals surface area contributed by atoms with Crippen LogP contribution in [0.4, 0.5) is 0 Å². The van der Waals surface area contributed by atoms with Crippen molar-refractivity contribution in [2.24, 2.45) is 4.99 Å². The Morgan fingerprint density at radius 1 is 1.25 bits per heavy atom. The summed E-state index contributed by atoms with van der Waals surface area (Å²) in [5.74, 6) is 0. The third kappa shape index (κ3) is 2.65. The Hall–Kier alpha value is -0.380. The van der Waals surface area contributed by atoms with Crippen LogP contribution in [0.25, 0.3) is 0 Å². The fourth-order valence-corrected chi connectivity index (χ4v) is 9.49. The molecule has 1 heterocycles. The molecule has 1 fully saturated rings. The summed E-state index contributed by atoms with van der Waals surface area (Å²) in [7, 11) is 0. The molecule has 2 heteroatoms. The normalized spacial score (nSPS) is 21.7. The number of alkyl halides is 3. The van der Waals surface area contributed by atoms with E-state index >= 15 is 0 Å². The minimum atomic E-state index is -0.703. The van der Waals surface area contributed by atoms with Gasteiger partial charge in [0.2, 0.25) is 0 Å². The van der Waals surface area contributed by atoms with Gasteiger partial charge < -0.3 is 0 Å². The average molecular weight is 329 g/mol. The fraction of sp³-hybridized carbons (Fsp3) is 0.500. The van der Waals surface area contributed by atoms with E-state index in [0.29, 0.717) is 0 Å². The van der Waals surface area contributed by atoms with Crippen molar-refractivity contribution in [3.63, 3.8) is 0 Å². The molecule has 0 bridgehead atoms. The Morgan fingerprint density at radius 3 is 2.44 bits per heavy atom. The van der Waals surface area contributed by atoms with Gasteiger partial charge in [-0.05, 0) is 0 Å². The van der Waals surface area contributed by atoms with Gasteiger partial charge in [0.25, 0.3) is 0 Å². The number of benzene rings is 1. The zero-order valence-corrected chi connectivity index (χ0v) is 12.1. The average Bonchev–Trinajstić information content (AvgIpc) is 2.83. The van der Waals surface area contributed by atoms with Gasteiger partial charge in [0.15, 0.2) is 0 Å². The second-order valence-electron chi connectivity index (χ2n) is 4.58. The summed E-state index contributed by atoms with van der Waals surface area (Å²) >= 11 is -0.703. The van der Waals surface area contributed by atoms with Gasteiger partial charge >= 0.3 is 106 Å². The summed E-state index contributed by atoms with van der Waals surface area (Å²) in [6, 6.07) is 10.7. The van der Waals surface area contributed by atoms with E-state index in [9.17, 15) is 0 Å². The van der Waals surface area contributed by atoms with Crippen molar-refractivity contribution in [3.8, 4) is 0 Å². The Labute approximate surface area is 106 Å². The van der Waals surface area contributed by atoms with Crippen LogP contribution in [-0.2, 0) is 5.54 Å². The standard InChI is InChI=1S/C14H20IN/c1-14(16-2,12-15-10-6-7-11-15)13-8-4-3-5-9-13/h3-5,8-9H,2,6-7,10-12H2,1H3/t14-/m0/s1. The molecule has 0 radical (unpaired) electrons. The molecule has 1 aliphatic heterocycles. The van der Waals surface area contributed by atoms with E-state index in [2.05, 4.69) is 49.0 Å². The van der Waals surface area contributed by atoms with Crippen LogP contribution in [0.5, 0.6) is 0 Å². The summed E-state index contributed by atoms with van der Waals surface area (Å²) in [5.41, 5.74) is 1.32. The molecule has 2 rings (SSSR count). The summed E-state index contributed by atoms with van der Waals surface area (Å²) in [4.78, 5) is 4.44. The van der Waals surface area contributed by atoms with Crippen molar-refractivity contribution in [3.05, 3.63) is 35.9 Å². The van der Waals surface area contributed by atoms with Crippen molar-refractivity contribution in [1.29, 1.82) is 0 Å². The first kappa shape index (κ1) is 12.1. The quantitative estimate of drug-likeness (QED) is 0.451. The summed E-state index contributed by atoms with van der Waals surface area (Å²) in [6.07, 6.45) is 2.93. The SMILES string of the molecule is C=N[C@@](C)(CI1CCCC1)c1ccccc1. The number of halogens is 1. The minimum absolute atomic E-state index is 0.0174. The molecule has 88 valence electrons. The van der Waals surface area contributed by atoms with E-state index in [1.807, 2.05) is 0 Å². The van der Waals surface area contributed by atoms with E-state index in [1.54, 1.807) is 0 Å². The molecular formula is C14H20IN. The summed E-state index contributed by atoms with van der Waals surface area (Å²) in [5, 5.41) is 0. The molecule has 0 amide bonds. The van der Waals surface area contributed by atoms with Gasteiger partial charge in [-0.1, -0.05) is 0 Å². The summed E-state index contributed by atoms with van der Waals surface area (Å²) < 4.78 is 4.37. The van der Waals surface area contributed by atoms with Gasteiger partial charge in [0.05, 0.1) is 0 Å². The molecule has 0 saturated carbocycles. The molecule has 1 aliphatic rings. The van der Waals surface area contributed by atoms with Crippen molar-refractivity contribution in [1.82, 2.24) is 0 Å². The van der Waals surface area contributed by atoms with Crippen molar-refractivity contribution >= 4 is 26.5 Å². The monoisotopic (exact) mass is 329 g/mol. The first-order chi connectivity index (χ1) is 7.74. The molecule has 0 aromatic heterocycles. The molecule has 0 aliphatic carbocycles. The number of rotatable bonds is 4. The maximum absolute atomic E-state index is 4.44. The van der Waals surface area contributed by atoms with Gasteiger partial charge in [-0.25, -0.2) is 0 Å². The van der Waals surface area contributed by atoms with E-state index in [1.165, 1.54) is 31.7 Å². The molecule has 0 spiro atoms. The van der Waals surface area contributed by atoms with Crippen LogP contribution in [0.15, 0.2) is 35.3 Å². The molecule has 1 aromatic carbocycles. The molecule has 1 nitrogen and oxygen atoms in total.